The molecule has 1 aromatic carbocycles. The summed E-state index contributed by atoms with van der Waals surface area (Å²) < 4.78 is 4.18. The summed E-state index contributed by atoms with van der Waals surface area (Å²) in [7, 11) is 0. The lowest BCUT2D eigenvalue weighted by atomic mass is 10.0. The minimum Gasteiger partial charge on any atom is -0.294 e. The van der Waals surface area contributed by atoms with Gasteiger partial charge in [0.1, 0.15) is 6.04 Å². The number of hydrogen-bond acceptors (Lipinski definition) is 3. The van der Waals surface area contributed by atoms with Crippen molar-refractivity contribution in [1.82, 2.24) is 13.9 Å². The second-order valence-electron chi connectivity index (χ2n) is 6.47. The Labute approximate surface area is 136 Å². The van der Waals surface area contributed by atoms with E-state index in [0.29, 0.717) is 24.1 Å². The van der Waals surface area contributed by atoms with Crippen molar-refractivity contribution in [3.8, 4) is 5.69 Å². The molecule has 0 unspecified atom stereocenters. The highest BCUT2D eigenvalue weighted by Gasteiger charge is 2.40. The molecule has 6 rings (SSSR count). The van der Waals surface area contributed by atoms with Crippen LogP contribution in [0.2, 0.25) is 0 Å². The Morgan fingerprint density at radius 3 is 2.42 bits per heavy atom. The summed E-state index contributed by atoms with van der Waals surface area (Å²) in [5, 5.41) is 0. The largest absolute Gasteiger partial charge is 0.352 e. The van der Waals surface area contributed by atoms with Crippen molar-refractivity contribution >= 4 is 5.78 Å². The van der Waals surface area contributed by atoms with Crippen LogP contribution in [0.5, 0.6) is 0 Å². The van der Waals surface area contributed by atoms with Gasteiger partial charge in [0.05, 0.1) is 11.7 Å². The van der Waals surface area contributed by atoms with Gasteiger partial charge in [0.2, 0.25) is 0 Å². The van der Waals surface area contributed by atoms with Crippen LogP contribution in [-0.4, -0.2) is 19.7 Å². The first-order chi connectivity index (χ1) is 11.7. The maximum absolute atomic E-state index is 13.0. The minimum atomic E-state index is -0.459. The number of para-hydroxylation sites is 1. The van der Waals surface area contributed by atoms with Gasteiger partial charge in [-0.05, 0) is 25.0 Å². The smallest absolute Gasteiger partial charge is 0.294 e. The average molecular weight is 321 g/mol. The summed E-state index contributed by atoms with van der Waals surface area (Å²) in [5.41, 5.74) is 1.62. The molecule has 0 fully saturated rings. The standard InChI is InChI=1S/C18H15N3O3/c22-15-9-6-11-10-13-7-8-14(16(11)15)21-18(24)19(17(23)20(13)21)12-4-2-1-3-5-12/h1-5,7-8,13-14H,6,9-10H2/t13-,14+/m1/s1. The second kappa shape index (κ2) is 4.56. The van der Waals surface area contributed by atoms with Gasteiger partial charge in [-0.25, -0.2) is 23.5 Å². The van der Waals surface area contributed by atoms with Crippen molar-refractivity contribution in [2.75, 3.05) is 0 Å². The molecular weight excluding hydrogens is 306 g/mol. The van der Waals surface area contributed by atoms with Crippen LogP contribution in [0, 0.1) is 0 Å². The second-order valence-corrected chi connectivity index (χ2v) is 6.47. The summed E-state index contributed by atoms with van der Waals surface area (Å²) in [6.07, 6.45) is 5.74. The van der Waals surface area contributed by atoms with Gasteiger partial charge in [-0.3, -0.25) is 4.79 Å². The maximum atomic E-state index is 13.0. The van der Waals surface area contributed by atoms with Crippen molar-refractivity contribution in [2.45, 2.75) is 31.3 Å². The first-order valence-electron chi connectivity index (χ1n) is 8.12. The molecule has 1 aromatic heterocycles. The van der Waals surface area contributed by atoms with Crippen LogP contribution in [0.3, 0.4) is 0 Å². The molecule has 2 aromatic rings. The molecule has 0 N–H and O–H groups in total. The fourth-order valence-corrected chi connectivity index (χ4v) is 4.16. The Hall–Kier alpha value is -2.89. The third-order valence-electron chi connectivity index (χ3n) is 5.20. The molecule has 24 heavy (non-hydrogen) atoms. The topological polar surface area (TPSA) is 66.0 Å². The summed E-state index contributed by atoms with van der Waals surface area (Å²) in [5.74, 6) is 0.0977. The van der Waals surface area contributed by atoms with Gasteiger partial charge in [0, 0.05) is 12.0 Å². The Kier molecular flexibility index (Phi) is 2.58. The number of hydrogen-bond donors (Lipinski definition) is 0. The Morgan fingerprint density at radius 2 is 1.62 bits per heavy atom. The minimum absolute atomic E-state index is 0.0977. The summed E-state index contributed by atoms with van der Waals surface area (Å²) >= 11 is 0. The molecule has 0 saturated heterocycles. The highest BCUT2D eigenvalue weighted by Crippen LogP contribution is 2.42. The predicted molar refractivity (Wildman–Crippen MR) is 87.4 cm³/mol. The van der Waals surface area contributed by atoms with E-state index < -0.39 is 6.04 Å². The van der Waals surface area contributed by atoms with E-state index in [0.717, 1.165) is 12.0 Å². The Balaban J connectivity index is 1.81. The first-order valence-corrected chi connectivity index (χ1v) is 8.12. The molecule has 4 aliphatic rings. The lowest BCUT2D eigenvalue weighted by Crippen LogP contribution is -2.35. The van der Waals surface area contributed by atoms with Gasteiger partial charge >= 0.3 is 11.4 Å². The van der Waals surface area contributed by atoms with Gasteiger partial charge in [-0.15, -0.1) is 0 Å². The molecule has 2 bridgehead atoms. The summed E-state index contributed by atoms with van der Waals surface area (Å²) in [4.78, 5) is 38.3. The lowest BCUT2D eigenvalue weighted by molar-refractivity contribution is -0.115. The molecule has 0 spiro atoms. The van der Waals surface area contributed by atoms with Crippen molar-refractivity contribution in [3.63, 3.8) is 0 Å². The molecule has 2 aliphatic carbocycles. The van der Waals surface area contributed by atoms with Crippen LogP contribution < -0.4 is 11.4 Å². The number of nitrogens with zero attached hydrogens (tertiary/aromatic N) is 3. The number of benzene rings is 1. The van der Waals surface area contributed by atoms with E-state index in [4.69, 9.17) is 0 Å². The number of carbonyl (C=O) groups excluding carboxylic acids is 1. The fraction of sp³-hybridized carbons (Fsp3) is 0.278. The number of rotatable bonds is 1. The van der Waals surface area contributed by atoms with E-state index in [1.54, 1.807) is 24.3 Å². The SMILES string of the molecule is O=C1CCC2=C1[C@@H]1C=C[C@H](C2)n2c(=O)n(-c3ccccc3)c(=O)n21. The van der Waals surface area contributed by atoms with Gasteiger partial charge in [-0.2, -0.15) is 0 Å². The number of allylic oxidation sites excluding steroid dienone is 4. The third-order valence-corrected chi connectivity index (χ3v) is 5.20. The highest BCUT2D eigenvalue weighted by molar-refractivity contribution is 6.00. The zero-order chi connectivity index (χ0) is 16.4. The van der Waals surface area contributed by atoms with Gasteiger partial charge in [0.15, 0.2) is 5.78 Å². The normalized spacial score (nSPS) is 24.2. The lowest BCUT2D eigenvalue weighted by Gasteiger charge is -2.23. The number of Topliss-reactive ketones (excluding diaryl/α,β-unsaturated/α-hetero) is 1. The van der Waals surface area contributed by atoms with Gasteiger partial charge in [0.25, 0.3) is 0 Å². The zero-order valence-corrected chi connectivity index (χ0v) is 12.9. The van der Waals surface area contributed by atoms with E-state index in [2.05, 4.69) is 0 Å². The van der Waals surface area contributed by atoms with Gasteiger partial charge < -0.3 is 0 Å². The summed E-state index contributed by atoms with van der Waals surface area (Å²) in [6, 6.07) is 8.25. The van der Waals surface area contributed by atoms with Crippen LogP contribution in [0.15, 0.2) is 63.2 Å². The average Bonchev–Trinajstić information content (AvgIpc) is 2.96. The van der Waals surface area contributed by atoms with Crippen LogP contribution in [0.1, 0.15) is 31.3 Å². The fourth-order valence-electron chi connectivity index (χ4n) is 4.16. The van der Waals surface area contributed by atoms with E-state index in [-0.39, 0.29) is 23.2 Å². The quantitative estimate of drug-likeness (QED) is 0.748. The van der Waals surface area contributed by atoms with Crippen LogP contribution >= 0.6 is 0 Å². The van der Waals surface area contributed by atoms with Crippen molar-refractivity contribution in [1.29, 1.82) is 0 Å². The van der Waals surface area contributed by atoms with Gasteiger partial charge in [-0.1, -0.05) is 35.9 Å². The third kappa shape index (κ3) is 1.57. The van der Waals surface area contributed by atoms with Crippen LogP contribution in [-0.2, 0) is 4.79 Å². The molecule has 0 amide bonds. The predicted octanol–water partition coefficient (Wildman–Crippen LogP) is 1.52. The molecule has 2 aliphatic heterocycles. The van der Waals surface area contributed by atoms with Crippen molar-refractivity contribution in [3.05, 3.63) is 74.6 Å². The zero-order valence-electron chi connectivity index (χ0n) is 12.9. The molecule has 2 atom stereocenters. The van der Waals surface area contributed by atoms with Crippen LogP contribution in [0.25, 0.3) is 5.69 Å². The highest BCUT2D eigenvalue weighted by atomic mass is 16.2. The number of ketones is 1. The van der Waals surface area contributed by atoms with Crippen molar-refractivity contribution < 1.29 is 4.79 Å². The number of carbonyl (C=O) groups is 1. The molecule has 0 radical (unpaired) electrons. The van der Waals surface area contributed by atoms with Crippen LogP contribution in [0.4, 0.5) is 0 Å². The Bertz CT molecular complexity index is 1050. The van der Waals surface area contributed by atoms with Crippen molar-refractivity contribution in [2.24, 2.45) is 0 Å². The molecule has 6 nitrogen and oxygen atoms in total. The molecule has 3 heterocycles. The first kappa shape index (κ1) is 13.5. The van der Waals surface area contributed by atoms with E-state index in [1.165, 1.54) is 13.9 Å². The monoisotopic (exact) mass is 321 g/mol. The molecule has 6 heteroatoms. The van der Waals surface area contributed by atoms with E-state index in [1.807, 2.05) is 18.2 Å². The molecular formula is C18H15N3O3. The molecule has 120 valence electrons. The maximum Gasteiger partial charge on any atom is 0.352 e. The number of aromatic nitrogens is 3. The molecule has 0 saturated carbocycles. The summed E-state index contributed by atoms with van der Waals surface area (Å²) in [6.45, 7) is 0. The van der Waals surface area contributed by atoms with E-state index >= 15 is 0 Å². The van der Waals surface area contributed by atoms with E-state index in [9.17, 15) is 14.4 Å². The Morgan fingerprint density at radius 1 is 0.875 bits per heavy atom.